The lowest BCUT2D eigenvalue weighted by Gasteiger charge is -2.20. The summed E-state index contributed by atoms with van der Waals surface area (Å²) in [4.78, 5) is 15.9. The van der Waals surface area contributed by atoms with Crippen molar-refractivity contribution in [3.63, 3.8) is 0 Å². The number of guanidine groups is 1. The van der Waals surface area contributed by atoms with Crippen LogP contribution in [0.2, 0.25) is 0 Å². The molecule has 0 bridgehead atoms. The lowest BCUT2D eigenvalue weighted by atomic mass is 9.90. The Bertz CT molecular complexity index is 573. The quantitative estimate of drug-likeness (QED) is 0.591. The van der Waals surface area contributed by atoms with Crippen LogP contribution in [-0.2, 0) is 17.6 Å². The van der Waals surface area contributed by atoms with Gasteiger partial charge in [-0.25, -0.2) is 4.99 Å². The van der Waals surface area contributed by atoms with Crippen molar-refractivity contribution in [2.45, 2.75) is 52.0 Å². The predicted octanol–water partition coefficient (Wildman–Crippen LogP) is 2.21. The minimum absolute atomic E-state index is 0.0329. The number of hydrogen-bond donors (Lipinski definition) is 3. The zero-order chi connectivity index (χ0) is 16.2. The Hall–Kier alpha value is -2.04. The molecule has 5 heteroatoms. The lowest BCUT2D eigenvalue weighted by molar-refractivity contribution is -0.121. The van der Waals surface area contributed by atoms with Crippen LogP contribution in [0, 0.1) is 0 Å². The molecular weight excluding hydrogens is 276 g/mol. The van der Waals surface area contributed by atoms with Crippen LogP contribution < -0.4 is 16.4 Å². The molecule has 2 rings (SSSR count). The van der Waals surface area contributed by atoms with Gasteiger partial charge in [-0.3, -0.25) is 4.79 Å². The predicted molar refractivity (Wildman–Crippen MR) is 91.1 cm³/mol. The van der Waals surface area contributed by atoms with E-state index >= 15 is 0 Å². The molecule has 0 saturated carbocycles. The highest BCUT2D eigenvalue weighted by Crippen LogP contribution is 2.27. The van der Waals surface area contributed by atoms with E-state index in [1.165, 1.54) is 24.0 Å². The first kappa shape index (κ1) is 16.3. The van der Waals surface area contributed by atoms with Gasteiger partial charge in [-0.15, -0.1) is 0 Å². The molecule has 1 aromatic rings. The van der Waals surface area contributed by atoms with E-state index < -0.39 is 0 Å². The Morgan fingerprint density at radius 2 is 2.00 bits per heavy atom. The molecule has 1 aliphatic rings. The summed E-state index contributed by atoms with van der Waals surface area (Å²) in [6, 6.07) is 6.22. The van der Waals surface area contributed by atoms with E-state index in [2.05, 4.69) is 21.7 Å². The standard InChI is InChI=1S/C17H26N4O/c1-17(2,3)21-15(22)11-19-16(18)20-14-10-6-8-12-7-4-5-9-13(12)14/h6,8,10H,4-5,7,9,11H2,1-3H3,(H,21,22)(H3,18,19,20). The van der Waals surface area contributed by atoms with Crippen molar-refractivity contribution < 1.29 is 4.79 Å². The normalized spacial score (nSPS) is 15.1. The molecule has 1 aliphatic carbocycles. The number of fused-ring (bicyclic) bond motifs is 1. The summed E-state index contributed by atoms with van der Waals surface area (Å²) < 4.78 is 0. The van der Waals surface area contributed by atoms with E-state index in [0.717, 1.165) is 18.5 Å². The van der Waals surface area contributed by atoms with Gasteiger partial charge in [0.2, 0.25) is 5.91 Å². The number of aryl methyl sites for hydroxylation is 1. The number of nitrogens with two attached hydrogens (primary N) is 1. The molecule has 1 amide bonds. The Kier molecular flexibility index (Phi) is 5.06. The van der Waals surface area contributed by atoms with Gasteiger partial charge in [-0.2, -0.15) is 0 Å². The minimum atomic E-state index is -0.257. The summed E-state index contributed by atoms with van der Waals surface area (Å²) in [5.41, 5.74) is 9.37. The van der Waals surface area contributed by atoms with Crippen LogP contribution in [0.1, 0.15) is 44.7 Å². The molecule has 0 heterocycles. The van der Waals surface area contributed by atoms with Gasteiger partial charge >= 0.3 is 0 Å². The van der Waals surface area contributed by atoms with Crippen molar-refractivity contribution >= 4 is 17.6 Å². The maximum atomic E-state index is 11.7. The number of hydrogen-bond acceptors (Lipinski definition) is 2. The van der Waals surface area contributed by atoms with Gasteiger partial charge in [-0.1, -0.05) is 12.1 Å². The SMILES string of the molecule is CC(C)(C)NC(=O)CN=C(N)Nc1cccc2c1CCCC2. The largest absolute Gasteiger partial charge is 0.370 e. The number of anilines is 1. The van der Waals surface area contributed by atoms with Crippen LogP contribution in [0.15, 0.2) is 23.2 Å². The molecule has 4 N–H and O–H groups in total. The third kappa shape index (κ3) is 4.76. The van der Waals surface area contributed by atoms with E-state index in [4.69, 9.17) is 5.73 Å². The van der Waals surface area contributed by atoms with Crippen molar-refractivity contribution in [2.24, 2.45) is 10.7 Å². The van der Waals surface area contributed by atoms with Crippen LogP contribution in [0.4, 0.5) is 5.69 Å². The minimum Gasteiger partial charge on any atom is -0.370 e. The second-order valence-electron chi connectivity index (χ2n) is 6.78. The van der Waals surface area contributed by atoms with Crippen molar-refractivity contribution in [1.29, 1.82) is 0 Å². The monoisotopic (exact) mass is 302 g/mol. The van der Waals surface area contributed by atoms with E-state index in [1.54, 1.807) is 0 Å². The molecule has 120 valence electrons. The van der Waals surface area contributed by atoms with Crippen LogP contribution >= 0.6 is 0 Å². The Morgan fingerprint density at radius 3 is 2.73 bits per heavy atom. The van der Waals surface area contributed by atoms with Crippen LogP contribution in [0.3, 0.4) is 0 Å². The average Bonchev–Trinajstić information content (AvgIpc) is 2.44. The highest BCUT2D eigenvalue weighted by molar-refractivity contribution is 5.94. The van der Waals surface area contributed by atoms with Crippen molar-refractivity contribution in [3.8, 4) is 0 Å². The van der Waals surface area contributed by atoms with Crippen LogP contribution in [0.25, 0.3) is 0 Å². The molecule has 0 unspecified atom stereocenters. The number of benzene rings is 1. The molecule has 0 aromatic heterocycles. The number of carbonyl (C=O) groups excluding carboxylic acids is 1. The molecule has 0 radical (unpaired) electrons. The van der Waals surface area contributed by atoms with E-state index in [0.29, 0.717) is 0 Å². The maximum absolute atomic E-state index is 11.7. The number of nitrogens with zero attached hydrogens (tertiary/aromatic N) is 1. The summed E-state index contributed by atoms with van der Waals surface area (Å²) >= 11 is 0. The van der Waals surface area contributed by atoms with E-state index in [9.17, 15) is 4.79 Å². The first-order valence-electron chi connectivity index (χ1n) is 7.84. The molecule has 1 aromatic carbocycles. The lowest BCUT2D eigenvalue weighted by Crippen LogP contribution is -2.42. The number of amides is 1. The highest BCUT2D eigenvalue weighted by atomic mass is 16.2. The molecule has 0 saturated heterocycles. The molecule has 0 spiro atoms. The first-order chi connectivity index (χ1) is 10.3. The number of aliphatic imine (C=N–C) groups is 1. The van der Waals surface area contributed by atoms with Crippen LogP contribution in [-0.4, -0.2) is 24.0 Å². The number of carbonyl (C=O) groups is 1. The van der Waals surface area contributed by atoms with Gasteiger partial charge in [-0.05, 0) is 63.6 Å². The molecule has 0 atom stereocenters. The third-order valence-corrected chi connectivity index (χ3v) is 3.57. The Balaban J connectivity index is 1.99. The zero-order valence-corrected chi connectivity index (χ0v) is 13.7. The number of rotatable bonds is 3. The fraction of sp³-hybridized carbons (Fsp3) is 0.529. The van der Waals surface area contributed by atoms with Gasteiger partial charge in [0.25, 0.3) is 0 Å². The average molecular weight is 302 g/mol. The van der Waals surface area contributed by atoms with Gasteiger partial charge in [0.05, 0.1) is 0 Å². The number of nitrogens with one attached hydrogen (secondary N) is 2. The van der Waals surface area contributed by atoms with Crippen molar-refractivity contribution in [2.75, 3.05) is 11.9 Å². The van der Waals surface area contributed by atoms with Gasteiger partial charge in [0, 0.05) is 11.2 Å². The molecule has 5 nitrogen and oxygen atoms in total. The second-order valence-corrected chi connectivity index (χ2v) is 6.78. The molecule has 0 fully saturated rings. The van der Waals surface area contributed by atoms with Crippen molar-refractivity contribution in [3.05, 3.63) is 29.3 Å². The second kappa shape index (κ2) is 6.81. The molecule has 0 aliphatic heterocycles. The maximum Gasteiger partial charge on any atom is 0.242 e. The summed E-state index contributed by atoms with van der Waals surface area (Å²) in [7, 11) is 0. The zero-order valence-electron chi connectivity index (χ0n) is 13.7. The van der Waals surface area contributed by atoms with Crippen LogP contribution in [0.5, 0.6) is 0 Å². The fourth-order valence-corrected chi connectivity index (χ4v) is 2.69. The highest BCUT2D eigenvalue weighted by Gasteiger charge is 2.14. The topological polar surface area (TPSA) is 79.5 Å². The smallest absolute Gasteiger partial charge is 0.242 e. The summed E-state index contributed by atoms with van der Waals surface area (Å²) in [6.07, 6.45) is 4.63. The first-order valence-corrected chi connectivity index (χ1v) is 7.84. The van der Waals surface area contributed by atoms with Gasteiger partial charge < -0.3 is 16.4 Å². The van der Waals surface area contributed by atoms with Crippen molar-refractivity contribution in [1.82, 2.24) is 5.32 Å². The molecular formula is C17H26N4O. The van der Waals surface area contributed by atoms with E-state index in [-0.39, 0.29) is 24.0 Å². The van der Waals surface area contributed by atoms with Gasteiger partial charge in [0.15, 0.2) is 5.96 Å². The fourth-order valence-electron chi connectivity index (χ4n) is 2.69. The Morgan fingerprint density at radius 1 is 1.27 bits per heavy atom. The molecule has 22 heavy (non-hydrogen) atoms. The summed E-state index contributed by atoms with van der Waals surface area (Å²) in [6.45, 7) is 5.84. The third-order valence-electron chi connectivity index (χ3n) is 3.57. The summed E-state index contributed by atoms with van der Waals surface area (Å²) in [5.74, 6) is 0.148. The Labute approximate surface area is 132 Å². The summed E-state index contributed by atoms with van der Waals surface area (Å²) in [5, 5.41) is 5.99. The van der Waals surface area contributed by atoms with E-state index in [1.807, 2.05) is 32.9 Å². The van der Waals surface area contributed by atoms with Gasteiger partial charge in [0.1, 0.15) is 6.54 Å².